The second-order valence-corrected chi connectivity index (χ2v) is 5.19. The number of hydrogen-bond donors (Lipinski definition) is 2. The van der Waals surface area contributed by atoms with E-state index < -0.39 is 0 Å². The maximum Gasteiger partial charge on any atom is 0.223 e. The lowest BCUT2D eigenvalue weighted by molar-refractivity contribution is -0.122. The standard InChI is InChI=1S/C15H18N2O/c1-10-8-13-9-11(2-5-14(13)17-10)6-7-16-15(18)12-3-4-12/h2,5,8-9,12,17H,3-4,6-7H2,1H3,(H,16,18). The molecule has 2 N–H and O–H groups in total. The van der Waals surface area contributed by atoms with Crippen molar-refractivity contribution < 1.29 is 4.79 Å². The van der Waals surface area contributed by atoms with Gasteiger partial charge < -0.3 is 10.3 Å². The normalized spacial score (nSPS) is 14.9. The first-order valence-corrected chi connectivity index (χ1v) is 6.58. The summed E-state index contributed by atoms with van der Waals surface area (Å²) in [7, 11) is 0. The van der Waals surface area contributed by atoms with Crippen molar-refractivity contribution in [2.45, 2.75) is 26.2 Å². The Hall–Kier alpha value is -1.77. The molecule has 3 rings (SSSR count). The fourth-order valence-electron chi connectivity index (χ4n) is 2.30. The van der Waals surface area contributed by atoms with Crippen LogP contribution in [-0.4, -0.2) is 17.4 Å². The van der Waals surface area contributed by atoms with E-state index in [1.54, 1.807) is 0 Å². The van der Waals surface area contributed by atoms with Crippen LogP contribution in [0.2, 0.25) is 0 Å². The third-order valence-corrected chi connectivity index (χ3v) is 3.48. The number of hydrogen-bond acceptors (Lipinski definition) is 1. The van der Waals surface area contributed by atoms with Gasteiger partial charge in [-0.1, -0.05) is 6.07 Å². The van der Waals surface area contributed by atoms with E-state index >= 15 is 0 Å². The Morgan fingerprint density at radius 1 is 1.39 bits per heavy atom. The van der Waals surface area contributed by atoms with Gasteiger partial charge in [-0.05, 0) is 55.3 Å². The molecule has 1 amide bonds. The third-order valence-electron chi connectivity index (χ3n) is 3.48. The molecule has 0 spiro atoms. The predicted octanol–water partition coefficient (Wildman–Crippen LogP) is 2.55. The van der Waals surface area contributed by atoms with Gasteiger partial charge in [-0.3, -0.25) is 4.79 Å². The lowest BCUT2D eigenvalue weighted by atomic mass is 10.1. The molecule has 1 aliphatic rings. The highest BCUT2D eigenvalue weighted by Gasteiger charge is 2.28. The van der Waals surface area contributed by atoms with Crippen molar-refractivity contribution in [2.75, 3.05) is 6.54 Å². The Morgan fingerprint density at radius 2 is 2.22 bits per heavy atom. The van der Waals surface area contributed by atoms with E-state index in [9.17, 15) is 4.79 Å². The number of amides is 1. The van der Waals surface area contributed by atoms with Gasteiger partial charge in [-0.25, -0.2) is 0 Å². The maximum absolute atomic E-state index is 11.5. The number of nitrogens with one attached hydrogen (secondary N) is 2. The number of rotatable bonds is 4. The molecule has 3 heteroatoms. The molecule has 0 bridgehead atoms. The summed E-state index contributed by atoms with van der Waals surface area (Å²) in [6.07, 6.45) is 3.04. The predicted molar refractivity (Wildman–Crippen MR) is 72.5 cm³/mol. The largest absolute Gasteiger partial charge is 0.359 e. The molecule has 18 heavy (non-hydrogen) atoms. The fourth-order valence-corrected chi connectivity index (χ4v) is 2.30. The molecule has 94 valence electrons. The van der Waals surface area contributed by atoms with E-state index in [1.807, 2.05) is 0 Å². The minimum atomic E-state index is 0.230. The van der Waals surface area contributed by atoms with Crippen LogP contribution in [0, 0.1) is 12.8 Å². The molecule has 1 aromatic heterocycles. The van der Waals surface area contributed by atoms with Crippen molar-refractivity contribution in [3.05, 3.63) is 35.5 Å². The van der Waals surface area contributed by atoms with Gasteiger partial charge in [-0.15, -0.1) is 0 Å². The smallest absolute Gasteiger partial charge is 0.223 e. The van der Waals surface area contributed by atoms with E-state index in [0.29, 0.717) is 5.92 Å². The molecule has 1 fully saturated rings. The number of H-pyrrole nitrogens is 1. The summed E-state index contributed by atoms with van der Waals surface area (Å²) in [6, 6.07) is 8.59. The monoisotopic (exact) mass is 242 g/mol. The van der Waals surface area contributed by atoms with Gasteiger partial charge in [-0.2, -0.15) is 0 Å². The summed E-state index contributed by atoms with van der Waals surface area (Å²) in [5.74, 6) is 0.536. The van der Waals surface area contributed by atoms with Crippen LogP contribution < -0.4 is 5.32 Å². The number of carbonyl (C=O) groups is 1. The summed E-state index contributed by atoms with van der Waals surface area (Å²) < 4.78 is 0. The lowest BCUT2D eigenvalue weighted by Crippen LogP contribution is -2.26. The number of aryl methyl sites for hydroxylation is 1. The van der Waals surface area contributed by atoms with Gasteiger partial charge in [0.15, 0.2) is 0 Å². The van der Waals surface area contributed by atoms with Crippen molar-refractivity contribution in [3.63, 3.8) is 0 Å². The van der Waals surface area contributed by atoms with Crippen LogP contribution in [-0.2, 0) is 11.2 Å². The molecular formula is C15H18N2O. The van der Waals surface area contributed by atoms with Gasteiger partial charge in [0, 0.05) is 23.7 Å². The zero-order valence-corrected chi connectivity index (χ0v) is 10.6. The highest BCUT2D eigenvalue weighted by Crippen LogP contribution is 2.28. The first-order valence-electron chi connectivity index (χ1n) is 6.58. The number of aromatic nitrogens is 1. The molecule has 0 saturated heterocycles. The van der Waals surface area contributed by atoms with Gasteiger partial charge >= 0.3 is 0 Å². The Morgan fingerprint density at radius 3 is 3.00 bits per heavy atom. The molecule has 1 saturated carbocycles. The minimum absolute atomic E-state index is 0.230. The van der Waals surface area contributed by atoms with Crippen LogP contribution in [0.4, 0.5) is 0 Å². The topological polar surface area (TPSA) is 44.9 Å². The van der Waals surface area contributed by atoms with Crippen LogP contribution in [0.25, 0.3) is 10.9 Å². The second-order valence-electron chi connectivity index (χ2n) is 5.19. The molecule has 0 radical (unpaired) electrons. The van der Waals surface area contributed by atoms with E-state index in [2.05, 4.69) is 41.5 Å². The van der Waals surface area contributed by atoms with Crippen LogP contribution in [0.3, 0.4) is 0 Å². The summed E-state index contributed by atoms with van der Waals surface area (Å²) in [6.45, 7) is 2.81. The average Bonchev–Trinajstić information content (AvgIpc) is 3.11. The number of carbonyl (C=O) groups excluding carboxylic acids is 1. The van der Waals surface area contributed by atoms with Crippen molar-refractivity contribution >= 4 is 16.8 Å². The molecule has 0 atom stereocenters. The molecule has 0 unspecified atom stereocenters. The minimum Gasteiger partial charge on any atom is -0.359 e. The first kappa shape index (κ1) is 11.3. The van der Waals surface area contributed by atoms with Crippen LogP contribution in [0.5, 0.6) is 0 Å². The van der Waals surface area contributed by atoms with Crippen LogP contribution >= 0.6 is 0 Å². The Kier molecular flexibility index (Phi) is 2.82. The Labute approximate surface area is 107 Å². The SMILES string of the molecule is Cc1cc2cc(CCNC(=O)C3CC3)ccc2[nH]1. The molecule has 3 nitrogen and oxygen atoms in total. The van der Waals surface area contributed by atoms with E-state index in [1.165, 1.54) is 22.2 Å². The van der Waals surface area contributed by atoms with Crippen molar-refractivity contribution in [1.82, 2.24) is 10.3 Å². The summed E-state index contributed by atoms with van der Waals surface area (Å²) >= 11 is 0. The van der Waals surface area contributed by atoms with Gasteiger partial charge in [0.1, 0.15) is 0 Å². The molecule has 1 heterocycles. The zero-order valence-electron chi connectivity index (χ0n) is 10.6. The van der Waals surface area contributed by atoms with Crippen molar-refractivity contribution in [3.8, 4) is 0 Å². The van der Waals surface area contributed by atoms with E-state index in [4.69, 9.17) is 0 Å². The number of aromatic amines is 1. The quantitative estimate of drug-likeness (QED) is 0.850. The first-order chi connectivity index (χ1) is 8.72. The fraction of sp³-hybridized carbons (Fsp3) is 0.400. The van der Waals surface area contributed by atoms with Gasteiger partial charge in [0.05, 0.1) is 0 Å². The summed E-state index contributed by atoms with van der Waals surface area (Å²) in [5.41, 5.74) is 3.64. The highest BCUT2D eigenvalue weighted by molar-refractivity contribution is 5.81. The maximum atomic E-state index is 11.5. The summed E-state index contributed by atoms with van der Waals surface area (Å²) in [4.78, 5) is 14.8. The molecule has 1 aliphatic carbocycles. The molecule has 0 aliphatic heterocycles. The third kappa shape index (κ3) is 2.40. The molecule has 1 aromatic carbocycles. The van der Waals surface area contributed by atoms with Crippen LogP contribution in [0.1, 0.15) is 24.1 Å². The van der Waals surface area contributed by atoms with Crippen molar-refractivity contribution in [1.29, 1.82) is 0 Å². The van der Waals surface area contributed by atoms with Gasteiger partial charge in [0.2, 0.25) is 5.91 Å². The van der Waals surface area contributed by atoms with E-state index in [0.717, 1.165) is 25.8 Å². The average molecular weight is 242 g/mol. The Bertz CT molecular complexity index is 581. The zero-order chi connectivity index (χ0) is 12.5. The lowest BCUT2D eigenvalue weighted by Gasteiger charge is -2.04. The van der Waals surface area contributed by atoms with Crippen molar-refractivity contribution in [2.24, 2.45) is 5.92 Å². The van der Waals surface area contributed by atoms with E-state index in [-0.39, 0.29) is 5.91 Å². The Balaban J connectivity index is 1.61. The van der Waals surface area contributed by atoms with Crippen LogP contribution in [0.15, 0.2) is 24.3 Å². The summed E-state index contributed by atoms with van der Waals surface area (Å²) in [5, 5.41) is 4.25. The number of benzene rings is 1. The van der Waals surface area contributed by atoms with Gasteiger partial charge in [0.25, 0.3) is 0 Å². The highest BCUT2D eigenvalue weighted by atomic mass is 16.2. The molecule has 2 aromatic rings. The second kappa shape index (κ2) is 4.48. The number of fused-ring (bicyclic) bond motifs is 1. The molecular weight excluding hydrogens is 224 g/mol.